The Labute approximate surface area is 92.7 Å². The van der Waals surface area contributed by atoms with E-state index in [1.54, 1.807) is 25.3 Å². The van der Waals surface area contributed by atoms with Gasteiger partial charge in [0, 0.05) is 5.39 Å². The Morgan fingerprint density at radius 3 is 2.56 bits per heavy atom. The van der Waals surface area contributed by atoms with Crippen LogP contribution in [0.25, 0.3) is 10.8 Å². The van der Waals surface area contributed by atoms with Crippen molar-refractivity contribution in [2.45, 2.75) is 13.3 Å². The first-order valence-electron chi connectivity index (χ1n) is 5.12. The first kappa shape index (κ1) is 10.9. The Balaban J connectivity index is 2.84. The number of benzene rings is 2. The maximum Gasteiger partial charge on any atom is 0.166 e. The average Bonchev–Trinajstić information content (AvgIpc) is 2.32. The minimum Gasteiger partial charge on any atom is -0.497 e. The van der Waals surface area contributed by atoms with Crippen LogP contribution in [0.4, 0.5) is 8.78 Å². The molecule has 0 bridgehead atoms. The van der Waals surface area contributed by atoms with E-state index in [-0.39, 0.29) is 0 Å². The normalized spacial score (nSPS) is 10.8. The third kappa shape index (κ3) is 1.62. The van der Waals surface area contributed by atoms with E-state index < -0.39 is 11.6 Å². The molecule has 0 radical (unpaired) electrons. The van der Waals surface area contributed by atoms with Crippen molar-refractivity contribution in [3.8, 4) is 5.75 Å². The van der Waals surface area contributed by atoms with E-state index >= 15 is 0 Å². The third-order valence-electron chi connectivity index (χ3n) is 2.68. The lowest BCUT2D eigenvalue weighted by molar-refractivity contribution is 0.415. The van der Waals surface area contributed by atoms with Gasteiger partial charge in [-0.1, -0.05) is 13.0 Å². The molecular weight excluding hydrogens is 210 g/mol. The molecule has 0 aromatic heterocycles. The minimum absolute atomic E-state index is 0.350. The molecule has 0 amide bonds. The van der Waals surface area contributed by atoms with Crippen molar-refractivity contribution >= 4 is 10.8 Å². The van der Waals surface area contributed by atoms with Crippen LogP contribution in [0.5, 0.6) is 5.75 Å². The number of methoxy groups -OCH3 is 1. The molecule has 0 aliphatic heterocycles. The van der Waals surface area contributed by atoms with Crippen LogP contribution < -0.4 is 4.74 Å². The molecule has 0 atom stereocenters. The second-order valence-corrected chi connectivity index (χ2v) is 3.60. The smallest absolute Gasteiger partial charge is 0.166 e. The Morgan fingerprint density at radius 2 is 1.94 bits per heavy atom. The van der Waals surface area contributed by atoms with Gasteiger partial charge in [0.1, 0.15) is 5.75 Å². The fourth-order valence-corrected chi connectivity index (χ4v) is 1.85. The van der Waals surface area contributed by atoms with Gasteiger partial charge in [0.2, 0.25) is 0 Å². The van der Waals surface area contributed by atoms with Gasteiger partial charge >= 0.3 is 0 Å². The maximum absolute atomic E-state index is 13.7. The number of ether oxygens (including phenoxy) is 1. The summed E-state index contributed by atoms with van der Waals surface area (Å²) in [5, 5.41) is 1.01. The third-order valence-corrected chi connectivity index (χ3v) is 2.68. The summed E-state index contributed by atoms with van der Waals surface area (Å²) in [6.45, 7) is 1.90. The molecule has 2 rings (SSSR count). The number of hydrogen-bond donors (Lipinski definition) is 0. The lowest BCUT2D eigenvalue weighted by Crippen LogP contribution is -1.93. The van der Waals surface area contributed by atoms with Crippen LogP contribution in [-0.2, 0) is 6.42 Å². The standard InChI is InChI=1S/C13H12F2O/c1-3-8-6-10(16-2)7-9-4-5-11(14)13(15)12(8)9/h4-7H,3H2,1-2H3. The summed E-state index contributed by atoms with van der Waals surface area (Å²) in [5.74, 6) is -0.931. The zero-order chi connectivity index (χ0) is 11.7. The molecule has 2 aromatic rings. The van der Waals surface area contributed by atoms with Gasteiger partial charge in [0.25, 0.3) is 0 Å². The molecule has 0 saturated carbocycles. The van der Waals surface area contributed by atoms with Gasteiger partial charge in [-0.3, -0.25) is 0 Å². The Kier molecular flexibility index (Phi) is 2.77. The van der Waals surface area contributed by atoms with Crippen molar-refractivity contribution in [1.82, 2.24) is 0 Å². The van der Waals surface area contributed by atoms with E-state index in [2.05, 4.69) is 0 Å². The van der Waals surface area contributed by atoms with Crippen LogP contribution in [-0.4, -0.2) is 7.11 Å². The highest BCUT2D eigenvalue weighted by molar-refractivity contribution is 5.88. The molecule has 16 heavy (non-hydrogen) atoms. The predicted octanol–water partition coefficient (Wildman–Crippen LogP) is 3.69. The fraction of sp³-hybridized carbons (Fsp3) is 0.231. The molecule has 0 saturated heterocycles. The molecule has 0 aliphatic carbocycles. The van der Waals surface area contributed by atoms with Crippen molar-refractivity contribution in [1.29, 1.82) is 0 Å². The number of aryl methyl sites for hydroxylation is 1. The molecule has 0 heterocycles. The van der Waals surface area contributed by atoms with Gasteiger partial charge in [0.05, 0.1) is 7.11 Å². The van der Waals surface area contributed by atoms with Crippen molar-refractivity contribution in [3.05, 3.63) is 41.5 Å². The summed E-state index contributed by atoms with van der Waals surface area (Å²) in [5.41, 5.74) is 0.756. The number of fused-ring (bicyclic) bond motifs is 1. The highest BCUT2D eigenvalue weighted by Gasteiger charge is 2.11. The average molecular weight is 222 g/mol. The van der Waals surface area contributed by atoms with Gasteiger partial charge in [0.15, 0.2) is 11.6 Å². The summed E-state index contributed by atoms with van der Waals surface area (Å²) < 4.78 is 31.9. The summed E-state index contributed by atoms with van der Waals surface area (Å²) in [7, 11) is 1.56. The zero-order valence-corrected chi connectivity index (χ0v) is 9.18. The molecule has 84 valence electrons. The van der Waals surface area contributed by atoms with Crippen LogP contribution in [0.2, 0.25) is 0 Å². The first-order valence-corrected chi connectivity index (χ1v) is 5.12. The number of hydrogen-bond acceptors (Lipinski definition) is 1. The van der Waals surface area contributed by atoms with Crippen LogP contribution in [0.3, 0.4) is 0 Å². The quantitative estimate of drug-likeness (QED) is 0.753. The zero-order valence-electron chi connectivity index (χ0n) is 9.18. The monoisotopic (exact) mass is 222 g/mol. The van der Waals surface area contributed by atoms with E-state index in [0.717, 1.165) is 11.6 Å². The molecule has 3 heteroatoms. The predicted molar refractivity (Wildman–Crippen MR) is 59.8 cm³/mol. The van der Waals surface area contributed by atoms with Crippen LogP contribution >= 0.6 is 0 Å². The Morgan fingerprint density at radius 1 is 1.19 bits per heavy atom. The topological polar surface area (TPSA) is 9.23 Å². The summed E-state index contributed by atoms with van der Waals surface area (Å²) in [6, 6.07) is 6.15. The van der Waals surface area contributed by atoms with E-state index in [1.165, 1.54) is 0 Å². The van der Waals surface area contributed by atoms with Gasteiger partial charge in [-0.05, 0) is 35.6 Å². The molecular formula is C13H12F2O. The fourth-order valence-electron chi connectivity index (χ4n) is 1.85. The van der Waals surface area contributed by atoms with E-state index in [0.29, 0.717) is 22.9 Å². The van der Waals surface area contributed by atoms with Crippen molar-refractivity contribution in [3.63, 3.8) is 0 Å². The molecule has 0 aliphatic rings. The molecule has 0 unspecified atom stereocenters. The van der Waals surface area contributed by atoms with E-state index in [9.17, 15) is 8.78 Å². The summed E-state index contributed by atoms with van der Waals surface area (Å²) >= 11 is 0. The van der Waals surface area contributed by atoms with E-state index in [1.807, 2.05) is 6.92 Å². The Bertz CT molecular complexity index is 535. The van der Waals surface area contributed by atoms with Crippen LogP contribution in [0.15, 0.2) is 24.3 Å². The first-order chi connectivity index (χ1) is 7.67. The largest absolute Gasteiger partial charge is 0.497 e. The molecule has 0 N–H and O–H groups in total. The molecule has 1 nitrogen and oxygen atoms in total. The highest BCUT2D eigenvalue weighted by atomic mass is 19.2. The lowest BCUT2D eigenvalue weighted by atomic mass is 10.0. The lowest BCUT2D eigenvalue weighted by Gasteiger charge is -2.09. The summed E-state index contributed by atoms with van der Waals surface area (Å²) in [4.78, 5) is 0. The molecule has 0 spiro atoms. The van der Waals surface area contributed by atoms with Crippen LogP contribution in [0.1, 0.15) is 12.5 Å². The second-order valence-electron chi connectivity index (χ2n) is 3.60. The summed E-state index contributed by atoms with van der Waals surface area (Å²) in [6.07, 6.45) is 0.633. The van der Waals surface area contributed by atoms with Crippen LogP contribution in [0, 0.1) is 11.6 Å². The minimum atomic E-state index is -0.813. The van der Waals surface area contributed by atoms with Crippen molar-refractivity contribution < 1.29 is 13.5 Å². The number of halogens is 2. The second kappa shape index (κ2) is 4.08. The van der Waals surface area contributed by atoms with Crippen molar-refractivity contribution in [2.75, 3.05) is 7.11 Å². The van der Waals surface area contributed by atoms with Gasteiger partial charge in [-0.25, -0.2) is 8.78 Å². The van der Waals surface area contributed by atoms with Gasteiger partial charge < -0.3 is 4.74 Å². The van der Waals surface area contributed by atoms with E-state index in [4.69, 9.17) is 4.74 Å². The maximum atomic E-state index is 13.7. The molecule has 0 fully saturated rings. The highest BCUT2D eigenvalue weighted by Crippen LogP contribution is 2.29. The Hall–Kier alpha value is -1.64. The number of rotatable bonds is 2. The van der Waals surface area contributed by atoms with Crippen molar-refractivity contribution in [2.24, 2.45) is 0 Å². The van der Waals surface area contributed by atoms with Gasteiger partial charge in [-0.2, -0.15) is 0 Å². The van der Waals surface area contributed by atoms with Gasteiger partial charge in [-0.15, -0.1) is 0 Å². The SMILES string of the molecule is CCc1cc(OC)cc2ccc(F)c(F)c12. The molecule has 2 aromatic carbocycles.